The molecule has 0 aliphatic rings. The van der Waals surface area contributed by atoms with Gasteiger partial charge in [-0.3, -0.25) is 24.0 Å². The number of hydrogen-bond donors (Lipinski definition) is 8. The molecule has 14 heteroatoms. The first-order chi connectivity index (χ1) is 17.7. The zero-order valence-corrected chi connectivity index (χ0v) is 21.2. The first-order valence-electron chi connectivity index (χ1n) is 11.9. The van der Waals surface area contributed by atoms with Gasteiger partial charge >= 0.3 is 11.9 Å². The predicted octanol–water partition coefficient (Wildman–Crippen LogP) is -1.41. The molecule has 1 aromatic carbocycles. The van der Waals surface area contributed by atoms with Crippen molar-refractivity contribution < 1.29 is 44.1 Å². The van der Waals surface area contributed by atoms with E-state index in [9.17, 15) is 39.0 Å². The summed E-state index contributed by atoms with van der Waals surface area (Å²) in [6.45, 7) is 3.22. The second kappa shape index (κ2) is 15.1. The summed E-state index contributed by atoms with van der Waals surface area (Å²) in [6, 6.07) is 0.643. The summed E-state index contributed by atoms with van der Waals surface area (Å²) in [5.74, 6) is -6.21. The van der Waals surface area contributed by atoms with Crippen LogP contribution in [0.2, 0.25) is 0 Å². The molecular formula is C24H35N5O9. The van der Waals surface area contributed by atoms with E-state index in [2.05, 4.69) is 16.0 Å². The third kappa shape index (κ3) is 11.2. The van der Waals surface area contributed by atoms with Crippen molar-refractivity contribution in [2.75, 3.05) is 0 Å². The van der Waals surface area contributed by atoms with Gasteiger partial charge in [0.2, 0.25) is 23.6 Å². The Hall–Kier alpha value is -4.20. The minimum absolute atomic E-state index is 0.00642. The number of aliphatic carboxylic acids is 2. The van der Waals surface area contributed by atoms with Gasteiger partial charge in [0.05, 0.1) is 6.04 Å². The molecular weight excluding hydrogens is 502 g/mol. The van der Waals surface area contributed by atoms with Crippen LogP contribution in [0.1, 0.15) is 45.1 Å². The summed E-state index contributed by atoms with van der Waals surface area (Å²) in [5.41, 5.74) is 11.4. The van der Waals surface area contributed by atoms with Crippen LogP contribution < -0.4 is 27.4 Å². The van der Waals surface area contributed by atoms with Gasteiger partial charge in [-0.25, -0.2) is 4.79 Å². The van der Waals surface area contributed by atoms with Gasteiger partial charge in [0, 0.05) is 19.3 Å². The molecule has 0 spiro atoms. The van der Waals surface area contributed by atoms with E-state index in [0.29, 0.717) is 5.56 Å². The van der Waals surface area contributed by atoms with Gasteiger partial charge in [-0.1, -0.05) is 26.0 Å². The largest absolute Gasteiger partial charge is 0.508 e. The van der Waals surface area contributed by atoms with E-state index >= 15 is 0 Å². The molecule has 4 unspecified atom stereocenters. The molecule has 0 aliphatic carbocycles. The molecule has 0 saturated heterocycles. The fourth-order valence-electron chi connectivity index (χ4n) is 3.36. The van der Waals surface area contributed by atoms with Crippen LogP contribution in [0.25, 0.3) is 0 Å². The molecule has 1 rings (SSSR count). The molecule has 1 aromatic rings. The Bertz CT molecular complexity index is 1010. The van der Waals surface area contributed by atoms with E-state index in [1.807, 2.05) is 0 Å². The fraction of sp³-hybridized carbons (Fsp3) is 0.500. The van der Waals surface area contributed by atoms with Crippen molar-refractivity contribution in [1.29, 1.82) is 0 Å². The third-order valence-electron chi connectivity index (χ3n) is 5.56. The van der Waals surface area contributed by atoms with Crippen molar-refractivity contribution in [1.82, 2.24) is 16.0 Å². The second-order valence-electron chi connectivity index (χ2n) is 9.11. The van der Waals surface area contributed by atoms with Gasteiger partial charge in [-0.05, 0) is 36.5 Å². The van der Waals surface area contributed by atoms with Crippen LogP contribution in [0, 0.1) is 5.92 Å². The molecule has 4 amide bonds. The van der Waals surface area contributed by atoms with Crippen molar-refractivity contribution in [3.05, 3.63) is 29.8 Å². The minimum Gasteiger partial charge on any atom is -0.508 e. The first-order valence-corrected chi connectivity index (χ1v) is 11.9. The smallest absolute Gasteiger partial charge is 0.326 e. The Kier molecular flexibility index (Phi) is 12.7. The summed E-state index contributed by atoms with van der Waals surface area (Å²) < 4.78 is 0. The van der Waals surface area contributed by atoms with Gasteiger partial charge in [0.25, 0.3) is 0 Å². The summed E-state index contributed by atoms with van der Waals surface area (Å²) in [7, 11) is 0. The van der Waals surface area contributed by atoms with E-state index in [4.69, 9.17) is 16.6 Å². The van der Waals surface area contributed by atoms with E-state index < -0.39 is 65.7 Å². The lowest BCUT2D eigenvalue weighted by Gasteiger charge is -2.27. The minimum atomic E-state index is -1.34. The summed E-state index contributed by atoms with van der Waals surface area (Å²) in [6.07, 6.45) is -1.17. The van der Waals surface area contributed by atoms with Crippen molar-refractivity contribution >= 4 is 35.6 Å². The molecule has 14 nitrogen and oxygen atoms in total. The normalized spacial score (nSPS) is 14.0. The van der Waals surface area contributed by atoms with Gasteiger partial charge in [0.15, 0.2) is 0 Å². The molecule has 210 valence electrons. The highest BCUT2D eigenvalue weighted by Gasteiger charge is 2.32. The number of carbonyl (C=O) groups excluding carboxylic acids is 4. The van der Waals surface area contributed by atoms with Gasteiger partial charge in [-0.15, -0.1) is 0 Å². The SMILES string of the molecule is CC(C)C(NC(=O)C(CCC(N)=O)NC(=O)C(N)CCC(=O)O)C(=O)NC(Cc1ccc(O)cc1)C(=O)O. The summed E-state index contributed by atoms with van der Waals surface area (Å²) in [4.78, 5) is 72.2. The van der Waals surface area contributed by atoms with E-state index in [0.717, 1.165) is 0 Å². The topological polar surface area (TPSA) is 251 Å². The number of phenolic OH excluding ortho intramolecular Hbond substituents is 1. The molecule has 0 radical (unpaired) electrons. The number of nitrogens with two attached hydrogens (primary N) is 2. The fourth-order valence-corrected chi connectivity index (χ4v) is 3.36. The maximum Gasteiger partial charge on any atom is 0.326 e. The number of carboxylic acids is 2. The number of phenols is 1. The second-order valence-corrected chi connectivity index (χ2v) is 9.11. The number of hydrogen-bond acceptors (Lipinski definition) is 8. The Balaban J connectivity index is 2.98. The highest BCUT2D eigenvalue weighted by atomic mass is 16.4. The van der Waals surface area contributed by atoms with Crippen LogP contribution in [0.15, 0.2) is 24.3 Å². The number of primary amides is 1. The van der Waals surface area contributed by atoms with Crippen LogP contribution in [0.5, 0.6) is 5.75 Å². The average molecular weight is 538 g/mol. The van der Waals surface area contributed by atoms with Gasteiger partial charge in [0.1, 0.15) is 23.9 Å². The van der Waals surface area contributed by atoms with Gasteiger partial charge < -0.3 is 42.7 Å². The van der Waals surface area contributed by atoms with Crippen LogP contribution in [-0.2, 0) is 35.2 Å². The molecule has 38 heavy (non-hydrogen) atoms. The standard InChI is InChI=1S/C24H35N5O9/c1-12(2)20(23(36)28-17(24(37)38)11-13-3-5-14(30)6-4-13)29-22(35)16(8-9-18(26)31)27-21(34)15(25)7-10-19(32)33/h3-6,12,15-17,20,30H,7-11,25H2,1-2H3,(H2,26,31)(H,27,34)(H,28,36)(H,29,35)(H,32,33)(H,37,38). The first kappa shape index (κ1) is 31.8. The predicted molar refractivity (Wildman–Crippen MR) is 133 cm³/mol. The highest BCUT2D eigenvalue weighted by Crippen LogP contribution is 2.12. The molecule has 0 fully saturated rings. The lowest BCUT2D eigenvalue weighted by atomic mass is 10.00. The molecule has 10 N–H and O–H groups in total. The van der Waals surface area contributed by atoms with E-state index in [-0.39, 0.29) is 37.9 Å². The average Bonchev–Trinajstić information content (AvgIpc) is 2.83. The number of amides is 4. The number of benzene rings is 1. The molecule has 0 aliphatic heterocycles. The Morgan fingerprint density at radius 3 is 1.89 bits per heavy atom. The summed E-state index contributed by atoms with van der Waals surface area (Å²) in [5, 5.41) is 35.0. The highest BCUT2D eigenvalue weighted by molar-refractivity contribution is 5.94. The quantitative estimate of drug-likeness (QED) is 0.122. The van der Waals surface area contributed by atoms with Crippen LogP contribution in [0.4, 0.5) is 0 Å². The van der Waals surface area contributed by atoms with Crippen LogP contribution >= 0.6 is 0 Å². The van der Waals surface area contributed by atoms with Crippen LogP contribution in [0.3, 0.4) is 0 Å². The van der Waals surface area contributed by atoms with Crippen molar-refractivity contribution in [3.63, 3.8) is 0 Å². The Morgan fingerprint density at radius 1 is 0.816 bits per heavy atom. The number of aromatic hydroxyl groups is 1. The monoisotopic (exact) mass is 537 g/mol. The molecule has 0 heterocycles. The van der Waals surface area contributed by atoms with E-state index in [1.54, 1.807) is 13.8 Å². The maximum atomic E-state index is 13.0. The zero-order chi connectivity index (χ0) is 29.0. The number of nitrogens with one attached hydrogen (secondary N) is 3. The maximum absolute atomic E-state index is 13.0. The van der Waals surface area contributed by atoms with Crippen molar-refractivity contribution in [2.45, 2.75) is 70.1 Å². The molecule has 0 saturated carbocycles. The number of rotatable bonds is 16. The zero-order valence-electron chi connectivity index (χ0n) is 21.2. The lowest BCUT2D eigenvalue weighted by Crippen LogP contribution is -2.58. The van der Waals surface area contributed by atoms with Crippen LogP contribution in [-0.4, -0.2) is 75.1 Å². The molecule has 0 aromatic heterocycles. The third-order valence-corrected chi connectivity index (χ3v) is 5.56. The lowest BCUT2D eigenvalue weighted by molar-refractivity contribution is -0.142. The number of carboxylic acid groups (broad SMARTS) is 2. The molecule has 4 atom stereocenters. The Morgan fingerprint density at radius 2 is 1.39 bits per heavy atom. The Labute approximate surface area is 219 Å². The van der Waals surface area contributed by atoms with Crippen molar-refractivity contribution in [2.24, 2.45) is 17.4 Å². The molecule has 0 bridgehead atoms. The summed E-state index contributed by atoms with van der Waals surface area (Å²) >= 11 is 0. The van der Waals surface area contributed by atoms with E-state index in [1.165, 1.54) is 24.3 Å². The van der Waals surface area contributed by atoms with Crippen molar-refractivity contribution in [3.8, 4) is 5.75 Å². The van der Waals surface area contributed by atoms with Gasteiger partial charge in [-0.2, -0.15) is 0 Å². The number of carbonyl (C=O) groups is 6.